The first kappa shape index (κ1) is 15.4. The molecule has 0 heterocycles. The van der Waals surface area contributed by atoms with Gasteiger partial charge in [-0.05, 0) is 22.4 Å². The molecule has 110 valence electrons. The number of carbonyl (C=O) groups is 2. The Bertz CT molecular complexity index is 657. The lowest BCUT2D eigenvalue weighted by Crippen LogP contribution is -2.28. The summed E-state index contributed by atoms with van der Waals surface area (Å²) in [5.74, 6) is -0.814. The molecule has 5 heteroatoms. The van der Waals surface area contributed by atoms with Crippen LogP contribution in [0.3, 0.4) is 0 Å². The van der Waals surface area contributed by atoms with E-state index in [1.807, 2.05) is 30.3 Å². The second kappa shape index (κ2) is 7.13. The minimum Gasteiger partial charge on any atom is -0.481 e. The van der Waals surface area contributed by atoms with E-state index in [0.717, 1.165) is 22.7 Å². The van der Waals surface area contributed by atoms with Crippen molar-refractivity contribution in [1.82, 2.24) is 4.90 Å². The van der Waals surface area contributed by atoms with Crippen molar-refractivity contribution in [2.45, 2.75) is 6.54 Å². The summed E-state index contributed by atoms with van der Waals surface area (Å²) in [5.41, 5.74) is 1.06. The molecule has 4 nitrogen and oxygen atoms in total. The minimum atomic E-state index is -0.898. The van der Waals surface area contributed by atoms with E-state index in [0.29, 0.717) is 6.54 Å². The number of hydrogen-bond donors (Lipinski definition) is 1. The van der Waals surface area contributed by atoms with Crippen LogP contribution in [0.5, 0.6) is 0 Å². The summed E-state index contributed by atoms with van der Waals surface area (Å²) in [4.78, 5) is 23.9. The Labute approximate surface area is 127 Å². The molecule has 0 aliphatic rings. The fourth-order valence-electron chi connectivity index (χ4n) is 2.04. The van der Waals surface area contributed by atoms with Crippen LogP contribution in [0.2, 0.25) is 0 Å². The molecule has 2 rings (SSSR count). The van der Waals surface area contributed by atoms with Crippen molar-refractivity contribution < 1.29 is 14.7 Å². The highest BCUT2D eigenvalue weighted by molar-refractivity contribution is 8.00. The monoisotopic (exact) mass is 303 g/mol. The molecule has 0 fully saturated rings. The van der Waals surface area contributed by atoms with Gasteiger partial charge < -0.3 is 10.0 Å². The lowest BCUT2D eigenvalue weighted by molar-refractivity contribution is -0.133. The van der Waals surface area contributed by atoms with Crippen molar-refractivity contribution in [2.75, 3.05) is 18.6 Å². The van der Waals surface area contributed by atoms with E-state index in [2.05, 4.69) is 12.1 Å². The molecule has 0 unspecified atom stereocenters. The Morgan fingerprint density at radius 1 is 1.10 bits per heavy atom. The maximum absolute atomic E-state index is 11.9. The number of rotatable bonds is 6. The zero-order chi connectivity index (χ0) is 15.2. The smallest absolute Gasteiger partial charge is 0.313 e. The summed E-state index contributed by atoms with van der Waals surface area (Å²) in [6.07, 6.45) is 0. The van der Waals surface area contributed by atoms with Gasteiger partial charge in [0.05, 0.1) is 11.5 Å². The molecular weight excluding hydrogens is 286 g/mol. The Hall–Kier alpha value is -2.01. The van der Waals surface area contributed by atoms with Gasteiger partial charge in [0.25, 0.3) is 0 Å². The van der Waals surface area contributed by atoms with Crippen molar-refractivity contribution in [2.24, 2.45) is 0 Å². The highest BCUT2D eigenvalue weighted by Gasteiger charge is 2.10. The Balaban J connectivity index is 1.95. The molecule has 0 saturated heterocycles. The lowest BCUT2D eigenvalue weighted by atomic mass is 10.1. The third-order valence-electron chi connectivity index (χ3n) is 3.11. The van der Waals surface area contributed by atoms with Gasteiger partial charge >= 0.3 is 5.97 Å². The summed E-state index contributed by atoms with van der Waals surface area (Å²) in [6, 6.07) is 14.2. The van der Waals surface area contributed by atoms with Crippen LogP contribution < -0.4 is 0 Å². The van der Waals surface area contributed by atoms with Crippen LogP contribution >= 0.6 is 11.8 Å². The van der Waals surface area contributed by atoms with Gasteiger partial charge in [-0.1, -0.05) is 36.4 Å². The first-order chi connectivity index (χ1) is 10.1. The third kappa shape index (κ3) is 4.49. The summed E-state index contributed by atoms with van der Waals surface area (Å²) in [5, 5.41) is 10.9. The van der Waals surface area contributed by atoms with Gasteiger partial charge in [0, 0.05) is 13.6 Å². The van der Waals surface area contributed by atoms with Crippen molar-refractivity contribution in [3.8, 4) is 0 Å². The van der Waals surface area contributed by atoms with Gasteiger partial charge in [-0.2, -0.15) is 0 Å². The average molecular weight is 303 g/mol. The molecule has 0 aliphatic carbocycles. The number of amides is 1. The van der Waals surface area contributed by atoms with Crippen LogP contribution in [0.25, 0.3) is 10.8 Å². The average Bonchev–Trinajstić information content (AvgIpc) is 2.46. The fraction of sp³-hybridized carbons (Fsp3) is 0.250. The Kier molecular flexibility index (Phi) is 5.22. The molecule has 2 aromatic rings. The number of nitrogens with zero attached hydrogens (tertiary/aromatic N) is 1. The van der Waals surface area contributed by atoms with Crippen LogP contribution in [0, 0.1) is 0 Å². The van der Waals surface area contributed by atoms with Gasteiger partial charge in [-0.3, -0.25) is 9.59 Å². The third-order valence-corrected chi connectivity index (χ3v) is 4.01. The molecule has 1 amide bonds. The standard InChI is InChI=1S/C16H17NO3S/c1-17(15(18)10-21-11-16(19)20)9-12-6-7-13-4-2-3-5-14(13)8-12/h2-8H,9-11H2,1H3,(H,19,20). The largest absolute Gasteiger partial charge is 0.481 e. The number of thioether (sulfide) groups is 1. The minimum absolute atomic E-state index is 0.0461. The number of hydrogen-bond acceptors (Lipinski definition) is 3. The van der Waals surface area contributed by atoms with Gasteiger partial charge in [0.15, 0.2) is 0 Å². The normalized spacial score (nSPS) is 10.5. The number of carboxylic acid groups (broad SMARTS) is 1. The number of aliphatic carboxylic acids is 1. The van der Waals surface area contributed by atoms with Crippen molar-refractivity contribution in [1.29, 1.82) is 0 Å². The van der Waals surface area contributed by atoms with Gasteiger partial charge in [0.1, 0.15) is 0 Å². The first-order valence-corrected chi connectivity index (χ1v) is 7.73. The summed E-state index contributed by atoms with van der Waals surface area (Å²) < 4.78 is 0. The second-order valence-corrected chi connectivity index (χ2v) is 5.80. The van der Waals surface area contributed by atoms with E-state index in [9.17, 15) is 9.59 Å². The van der Waals surface area contributed by atoms with Crippen molar-refractivity contribution >= 4 is 34.4 Å². The molecule has 0 spiro atoms. The first-order valence-electron chi connectivity index (χ1n) is 6.57. The van der Waals surface area contributed by atoms with E-state index >= 15 is 0 Å². The SMILES string of the molecule is CN(Cc1ccc2ccccc2c1)C(=O)CSCC(=O)O. The van der Waals surface area contributed by atoms with Gasteiger partial charge in [-0.25, -0.2) is 0 Å². The molecule has 0 radical (unpaired) electrons. The quantitative estimate of drug-likeness (QED) is 0.891. The van der Waals surface area contributed by atoms with Crippen LogP contribution in [-0.2, 0) is 16.1 Å². The maximum Gasteiger partial charge on any atom is 0.313 e. The highest BCUT2D eigenvalue weighted by atomic mass is 32.2. The van der Waals surface area contributed by atoms with E-state index in [1.165, 1.54) is 5.39 Å². The summed E-state index contributed by atoms with van der Waals surface area (Å²) in [6.45, 7) is 0.525. The number of carbonyl (C=O) groups excluding carboxylic acids is 1. The number of fused-ring (bicyclic) bond motifs is 1. The predicted octanol–water partition coefficient (Wildman–Crippen LogP) is 2.62. The zero-order valence-corrected chi connectivity index (χ0v) is 12.6. The molecule has 0 aromatic heterocycles. The van der Waals surface area contributed by atoms with E-state index in [-0.39, 0.29) is 17.4 Å². The summed E-state index contributed by atoms with van der Waals surface area (Å²) in [7, 11) is 1.73. The number of carboxylic acids is 1. The van der Waals surface area contributed by atoms with E-state index in [4.69, 9.17) is 5.11 Å². The molecule has 0 saturated carbocycles. The molecule has 21 heavy (non-hydrogen) atoms. The van der Waals surface area contributed by atoms with Crippen molar-refractivity contribution in [3.05, 3.63) is 48.0 Å². The maximum atomic E-state index is 11.9. The second-order valence-electron chi connectivity index (χ2n) is 4.82. The molecule has 0 bridgehead atoms. The Morgan fingerprint density at radius 3 is 2.52 bits per heavy atom. The molecule has 2 aromatic carbocycles. The molecular formula is C16H17NO3S. The topological polar surface area (TPSA) is 57.6 Å². The highest BCUT2D eigenvalue weighted by Crippen LogP contribution is 2.16. The fourth-order valence-corrected chi connectivity index (χ4v) is 2.71. The zero-order valence-electron chi connectivity index (χ0n) is 11.8. The molecule has 0 aliphatic heterocycles. The van der Waals surface area contributed by atoms with Crippen LogP contribution in [0.4, 0.5) is 0 Å². The summed E-state index contributed by atoms with van der Waals surface area (Å²) >= 11 is 1.12. The molecule has 0 atom stereocenters. The predicted molar refractivity (Wildman–Crippen MR) is 85.4 cm³/mol. The van der Waals surface area contributed by atoms with Gasteiger partial charge in [-0.15, -0.1) is 11.8 Å². The van der Waals surface area contributed by atoms with Crippen LogP contribution in [-0.4, -0.2) is 40.4 Å². The van der Waals surface area contributed by atoms with Crippen molar-refractivity contribution in [3.63, 3.8) is 0 Å². The Morgan fingerprint density at radius 2 is 1.81 bits per heavy atom. The van der Waals surface area contributed by atoms with Crippen LogP contribution in [0.1, 0.15) is 5.56 Å². The molecule has 1 N–H and O–H groups in total. The van der Waals surface area contributed by atoms with Crippen LogP contribution in [0.15, 0.2) is 42.5 Å². The van der Waals surface area contributed by atoms with E-state index in [1.54, 1.807) is 11.9 Å². The lowest BCUT2D eigenvalue weighted by Gasteiger charge is -2.17. The number of benzene rings is 2. The van der Waals surface area contributed by atoms with Gasteiger partial charge in [0.2, 0.25) is 5.91 Å². The van der Waals surface area contributed by atoms with E-state index < -0.39 is 5.97 Å².